The largest absolute Gasteiger partial charge is 0.471 e. The van der Waals surface area contributed by atoms with E-state index in [1.165, 1.54) is 5.56 Å². The molecule has 0 aliphatic carbocycles. The summed E-state index contributed by atoms with van der Waals surface area (Å²) in [5.41, 5.74) is 4.07. The predicted octanol–water partition coefficient (Wildman–Crippen LogP) is 3.57. The first-order valence-corrected chi connectivity index (χ1v) is 9.11. The Labute approximate surface area is 159 Å². The van der Waals surface area contributed by atoms with Crippen molar-refractivity contribution in [2.24, 2.45) is 0 Å². The Morgan fingerprint density at radius 2 is 1.93 bits per heavy atom. The third-order valence-corrected chi connectivity index (χ3v) is 4.49. The Morgan fingerprint density at radius 1 is 1.19 bits per heavy atom. The van der Waals surface area contributed by atoms with Crippen LogP contribution in [0.15, 0.2) is 36.7 Å². The van der Waals surface area contributed by atoms with Crippen LogP contribution in [0.2, 0.25) is 0 Å². The molecule has 0 saturated heterocycles. The quantitative estimate of drug-likeness (QED) is 0.693. The maximum atomic E-state index is 12.6. The van der Waals surface area contributed by atoms with Gasteiger partial charge in [0.05, 0.1) is 29.3 Å². The van der Waals surface area contributed by atoms with Gasteiger partial charge in [-0.1, -0.05) is 19.1 Å². The number of carbonyl (C=O) groups excluding carboxylic acids is 1. The Morgan fingerprint density at radius 3 is 2.56 bits per heavy atom. The first kappa shape index (κ1) is 18.7. The van der Waals surface area contributed by atoms with Gasteiger partial charge in [0, 0.05) is 12.2 Å². The van der Waals surface area contributed by atoms with Gasteiger partial charge in [-0.25, -0.2) is 4.68 Å². The van der Waals surface area contributed by atoms with Crippen molar-refractivity contribution < 1.29 is 9.53 Å². The highest BCUT2D eigenvalue weighted by atomic mass is 16.5. The van der Waals surface area contributed by atoms with E-state index in [4.69, 9.17) is 4.74 Å². The summed E-state index contributed by atoms with van der Waals surface area (Å²) < 4.78 is 9.19. The summed E-state index contributed by atoms with van der Waals surface area (Å²) in [6.07, 6.45) is 4.35. The minimum Gasteiger partial charge on any atom is -0.471 e. The van der Waals surface area contributed by atoms with E-state index in [1.807, 2.05) is 49.7 Å². The summed E-state index contributed by atoms with van der Waals surface area (Å²) in [4.78, 5) is 12.6. The standard InChI is InChI=1S/C20H25N5O2/c1-5-16-7-9-18(10-8-16)27-13-24-12-17(11-21-24)22-20(26)19-14(3)23-25(6-2)15(19)4/h7-12H,5-6,13H2,1-4H3,(H,22,26). The molecule has 27 heavy (non-hydrogen) atoms. The number of anilines is 1. The van der Waals surface area contributed by atoms with E-state index in [2.05, 4.69) is 22.4 Å². The molecule has 7 nitrogen and oxygen atoms in total. The number of benzene rings is 1. The molecule has 2 aromatic heterocycles. The van der Waals surface area contributed by atoms with Crippen LogP contribution in [0.1, 0.15) is 41.2 Å². The third kappa shape index (κ3) is 4.19. The number of amides is 1. The van der Waals surface area contributed by atoms with Gasteiger partial charge in [-0.3, -0.25) is 9.48 Å². The van der Waals surface area contributed by atoms with Crippen molar-refractivity contribution >= 4 is 11.6 Å². The van der Waals surface area contributed by atoms with Crippen molar-refractivity contribution in [3.05, 3.63) is 59.2 Å². The third-order valence-electron chi connectivity index (χ3n) is 4.49. The molecule has 1 amide bonds. The highest BCUT2D eigenvalue weighted by Crippen LogP contribution is 2.17. The number of aryl methyl sites for hydroxylation is 3. The van der Waals surface area contributed by atoms with Gasteiger partial charge in [0.15, 0.2) is 6.73 Å². The highest BCUT2D eigenvalue weighted by Gasteiger charge is 2.18. The molecule has 0 bridgehead atoms. The number of nitrogens with one attached hydrogen (secondary N) is 1. The number of hydrogen-bond acceptors (Lipinski definition) is 4. The van der Waals surface area contributed by atoms with Gasteiger partial charge in [0.2, 0.25) is 0 Å². The molecule has 0 spiro atoms. The lowest BCUT2D eigenvalue weighted by Gasteiger charge is -2.07. The molecule has 0 aliphatic heterocycles. The molecule has 1 N–H and O–H groups in total. The van der Waals surface area contributed by atoms with E-state index in [0.29, 0.717) is 11.3 Å². The molecule has 0 radical (unpaired) electrons. The molecule has 2 heterocycles. The second kappa shape index (κ2) is 8.07. The van der Waals surface area contributed by atoms with Crippen molar-refractivity contribution in [2.75, 3.05) is 5.32 Å². The molecule has 0 fully saturated rings. The highest BCUT2D eigenvalue weighted by molar-refractivity contribution is 6.05. The van der Waals surface area contributed by atoms with Gasteiger partial charge in [-0.05, 0) is 44.9 Å². The van der Waals surface area contributed by atoms with Crippen LogP contribution in [0.5, 0.6) is 5.75 Å². The van der Waals surface area contributed by atoms with Crippen LogP contribution in [-0.2, 0) is 19.7 Å². The topological polar surface area (TPSA) is 74.0 Å². The monoisotopic (exact) mass is 367 g/mol. The van der Waals surface area contributed by atoms with Crippen molar-refractivity contribution in [2.45, 2.75) is 47.4 Å². The average Bonchev–Trinajstić information content (AvgIpc) is 3.23. The zero-order valence-electron chi connectivity index (χ0n) is 16.2. The van der Waals surface area contributed by atoms with Crippen molar-refractivity contribution in [1.29, 1.82) is 0 Å². The van der Waals surface area contributed by atoms with Gasteiger partial charge in [-0.15, -0.1) is 0 Å². The smallest absolute Gasteiger partial charge is 0.259 e. The molecule has 1 aromatic carbocycles. The molecule has 3 rings (SSSR count). The minimum atomic E-state index is -0.180. The average molecular weight is 367 g/mol. The molecule has 0 saturated carbocycles. The summed E-state index contributed by atoms with van der Waals surface area (Å²) in [6.45, 7) is 8.86. The van der Waals surface area contributed by atoms with E-state index >= 15 is 0 Å². The number of aromatic nitrogens is 4. The molecular formula is C20H25N5O2. The normalized spacial score (nSPS) is 10.8. The van der Waals surface area contributed by atoms with Crippen LogP contribution in [0, 0.1) is 13.8 Å². The number of hydrogen-bond donors (Lipinski definition) is 1. The van der Waals surface area contributed by atoms with Gasteiger partial charge in [-0.2, -0.15) is 10.2 Å². The van der Waals surface area contributed by atoms with Crippen LogP contribution in [0.4, 0.5) is 5.69 Å². The van der Waals surface area contributed by atoms with Crippen molar-refractivity contribution in [1.82, 2.24) is 19.6 Å². The van der Waals surface area contributed by atoms with Crippen molar-refractivity contribution in [3.8, 4) is 5.75 Å². The summed E-state index contributed by atoms with van der Waals surface area (Å²) in [5, 5.41) is 11.5. The molecule has 0 unspecified atom stereocenters. The van der Waals surface area contributed by atoms with Crippen LogP contribution in [0.3, 0.4) is 0 Å². The summed E-state index contributed by atoms with van der Waals surface area (Å²) in [7, 11) is 0. The zero-order chi connectivity index (χ0) is 19.4. The lowest BCUT2D eigenvalue weighted by Crippen LogP contribution is -2.14. The Hall–Kier alpha value is -3.09. The van der Waals surface area contributed by atoms with Crippen molar-refractivity contribution in [3.63, 3.8) is 0 Å². The second-order valence-electron chi connectivity index (χ2n) is 6.36. The Kier molecular flexibility index (Phi) is 5.59. The van der Waals surface area contributed by atoms with E-state index in [9.17, 15) is 4.79 Å². The summed E-state index contributed by atoms with van der Waals surface area (Å²) in [5.74, 6) is 0.604. The van der Waals surface area contributed by atoms with Gasteiger partial charge in [0.1, 0.15) is 5.75 Å². The first-order chi connectivity index (χ1) is 13.0. The maximum absolute atomic E-state index is 12.6. The first-order valence-electron chi connectivity index (χ1n) is 9.11. The van der Waals surface area contributed by atoms with Crippen LogP contribution >= 0.6 is 0 Å². The predicted molar refractivity (Wildman–Crippen MR) is 104 cm³/mol. The number of rotatable bonds is 7. The summed E-state index contributed by atoms with van der Waals surface area (Å²) >= 11 is 0. The fraction of sp³-hybridized carbons (Fsp3) is 0.350. The molecule has 142 valence electrons. The molecule has 0 atom stereocenters. The van der Waals surface area contributed by atoms with Gasteiger partial charge < -0.3 is 10.1 Å². The second-order valence-corrected chi connectivity index (χ2v) is 6.36. The van der Waals surface area contributed by atoms with E-state index in [1.54, 1.807) is 17.1 Å². The van der Waals surface area contributed by atoms with E-state index in [-0.39, 0.29) is 12.6 Å². The fourth-order valence-corrected chi connectivity index (χ4v) is 2.99. The van der Waals surface area contributed by atoms with Gasteiger partial charge in [0.25, 0.3) is 5.91 Å². The zero-order valence-corrected chi connectivity index (χ0v) is 16.2. The van der Waals surface area contributed by atoms with Crippen LogP contribution < -0.4 is 10.1 Å². The SMILES string of the molecule is CCc1ccc(OCn2cc(NC(=O)c3c(C)nn(CC)c3C)cn2)cc1. The van der Waals surface area contributed by atoms with Crippen LogP contribution in [0.25, 0.3) is 0 Å². The molecular weight excluding hydrogens is 342 g/mol. The van der Waals surface area contributed by atoms with E-state index in [0.717, 1.165) is 30.1 Å². The fourth-order valence-electron chi connectivity index (χ4n) is 2.99. The number of ether oxygens (including phenoxy) is 1. The van der Waals surface area contributed by atoms with Crippen LogP contribution in [-0.4, -0.2) is 25.5 Å². The molecule has 3 aromatic rings. The van der Waals surface area contributed by atoms with E-state index < -0.39 is 0 Å². The lowest BCUT2D eigenvalue weighted by atomic mass is 10.2. The minimum absolute atomic E-state index is 0.180. The maximum Gasteiger partial charge on any atom is 0.259 e. The Bertz CT molecular complexity index is 925. The number of carbonyl (C=O) groups is 1. The lowest BCUT2D eigenvalue weighted by molar-refractivity contribution is 0.102. The Balaban J connectivity index is 1.62. The molecule has 7 heteroatoms. The number of nitrogens with zero attached hydrogens (tertiary/aromatic N) is 4. The van der Waals surface area contributed by atoms with Gasteiger partial charge >= 0.3 is 0 Å². The molecule has 0 aliphatic rings. The summed E-state index contributed by atoms with van der Waals surface area (Å²) in [6, 6.07) is 7.99.